The molecular formula is C9H20N2. The SMILES string of the molecule is C=CN(C)/N=C(/C)CC.CC. The molecule has 0 fully saturated rings. The average molecular weight is 156 g/mol. The number of hydrogen-bond donors (Lipinski definition) is 0. The van der Waals surface area contributed by atoms with Gasteiger partial charge in [0.15, 0.2) is 0 Å². The molecule has 2 heteroatoms. The highest BCUT2D eigenvalue weighted by Gasteiger charge is 1.85. The van der Waals surface area contributed by atoms with Crippen molar-refractivity contribution in [2.24, 2.45) is 5.10 Å². The van der Waals surface area contributed by atoms with Gasteiger partial charge in [-0.25, -0.2) is 0 Å². The average Bonchev–Trinajstić information content (AvgIpc) is 2.07. The van der Waals surface area contributed by atoms with Crippen molar-refractivity contribution in [1.82, 2.24) is 5.01 Å². The lowest BCUT2D eigenvalue weighted by molar-refractivity contribution is 0.490. The number of hydrogen-bond acceptors (Lipinski definition) is 2. The predicted molar refractivity (Wildman–Crippen MR) is 52.7 cm³/mol. The lowest BCUT2D eigenvalue weighted by Crippen LogP contribution is -2.03. The van der Waals surface area contributed by atoms with Crippen LogP contribution >= 0.6 is 0 Å². The fraction of sp³-hybridized carbons (Fsp3) is 0.667. The second-order valence-corrected chi connectivity index (χ2v) is 1.95. The van der Waals surface area contributed by atoms with Crippen LogP contribution in [0.4, 0.5) is 0 Å². The first-order chi connectivity index (χ1) is 5.20. The van der Waals surface area contributed by atoms with Crippen molar-refractivity contribution in [3.63, 3.8) is 0 Å². The van der Waals surface area contributed by atoms with Gasteiger partial charge in [-0.1, -0.05) is 27.4 Å². The van der Waals surface area contributed by atoms with Crippen molar-refractivity contribution in [1.29, 1.82) is 0 Å². The zero-order chi connectivity index (χ0) is 9.28. The molecule has 0 bridgehead atoms. The van der Waals surface area contributed by atoms with Crippen molar-refractivity contribution in [2.75, 3.05) is 7.05 Å². The Kier molecular flexibility index (Phi) is 10.8. The summed E-state index contributed by atoms with van der Waals surface area (Å²) in [5.41, 5.74) is 1.12. The molecule has 0 aromatic heterocycles. The van der Waals surface area contributed by atoms with Gasteiger partial charge in [0, 0.05) is 19.0 Å². The molecule has 11 heavy (non-hydrogen) atoms. The lowest BCUT2D eigenvalue weighted by atomic mass is 10.3. The molecule has 66 valence electrons. The predicted octanol–water partition coefficient (Wildman–Crippen LogP) is 2.87. The molecule has 0 radical (unpaired) electrons. The minimum atomic E-state index is 0.998. The van der Waals surface area contributed by atoms with Crippen LogP contribution in [0.25, 0.3) is 0 Å². The molecule has 0 heterocycles. The third kappa shape index (κ3) is 9.21. The smallest absolute Gasteiger partial charge is 0.0351 e. The lowest BCUT2D eigenvalue weighted by Gasteiger charge is -2.05. The zero-order valence-corrected chi connectivity index (χ0v) is 8.39. The Balaban J connectivity index is 0. The first-order valence-corrected chi connectivity index (χ1v) is 4.10. The maximum atomic E-state index is 4.15. The largest absolute Gasteiger partial charge is 0.277 e. The highest BCUT2D eigenvalue weighted by atomic mass is 15.4. The van der Waals surface area contributed by atoms with Crippen LogP contribution in [0.3, 0.4) is 0 Å². The molecule has 0 aromatic rings. The Morgan fingerprint density at radius 2 is 2.00 bits per heavy atom. The fourth-order valence-electron chi connectivity index (χ4n) is 0.381. The normalized spacial score (nSPS) is 9.73. The van der Waals surface area contributed by atoms with Gasteiger partial charge in [0.2, 0.25) is 0 Å². The van der Waals surface area contributed by atoms with Crippen LogP contribution in [0.2, 0.25) is 0 Å². The van der Waals surface area contributed by atoms with E-state index in [0.717, 1.165) is 12.1 Å². The summed E-state index contributed by atoms with van der Waals surface area (Å²) in [6.07, 6.45) is 2.68. The Hall–Kier alpha value is -0.790. The van der Waals surface area contributed by atoms with Crippen LogP contribution < -0.4 is 0 Å². The van der Waals surface area contributed by atoms with Crippen LogP contribution in [0.15, 0.2) is 17.9 Å². The second-order valence-electron chi connectivity index (χ2n) is 1.95. The van der Waals surface area contributed by atoms with E-state index in [1.165, 1.54) is 0 Å². The van der Waals surface area contributed by atoms with Crippen molar-refractivity contribution in [3.05, 3.63) is 12.8 Å². The zero-order valence-electron chi connectivity index (χ0n) is 8.39. The van der Waals surface area contributed by atoms with E-state index in [1.807, 2.05) is 27.8 Å². The molecule has 0 amide bonds. The van der Waals surface area contributed by atoms with Crippen molar-refractivity contribution in [2.45, 2.75) is 34.1 Å². The maximum Gasteiger partial charge on any atom is 0.0351 e. The molecule has 0 rings (SSSR count). The summed E-state index contributed by atoms with van der Waals surface area (Å²) in [4.78, 5) is 0. The van der Waals surface area contributed by atoms with E-state index < -0.39 is 0 Å². The van der Waals surface area contributed by atoms with Gasteiger partial charge in [-0.2, -0.15) is 5.10 Å². The van der Waals surface area contributed by atoms with Crippen LogP contribution in [0.5, 0.6) is 0 Å². The number of nitrogens with zero attached hydrogens (tertiary/aromatic N) is 2. The van der Waals surface area contributed by atoms with E-state index in [0.29, 0.717) is 0 Å². The van der Waals surface area contributed by atoms with Crippen LogP contribution in [-0.2, 0) is 0 Å². The molecule has 0 aliphatic carbocycles. The summed E-state index contributed by atoms with van der Waals surface area (Å²) < 4.78 is 0. The third-order valence-corrected chi connectivity index (χ3v) is 1.10. The summed E-state index contributed by atoms with van der Waals surface area (Å²) >= 11 is 0. The Morgan fingerprint density at radius 3 is 2.27 bits per heavy atom. The molecule has 0 aliphatic heterocycles. The van der Waals surface area contributed by atoms with Crippen LogP contribution in [0.1, 0.15) is 34.1 Å². The Morgan fingerprint density at radius 1 is 1.55 bits per heavy atom. The van der Waals surface area contributed by atoms with Gasteiger partial charge >= 0.3 is 0 Å². The molecule has 0 saturated heterocycles. The molecule has 0 aliphatic rings. The van der Waals surface area contributed by atoms with Gasteiger partial charge in [-0.05, 0) is 13.3 Å². The van der Waals surface area contributed by atoms with Crippen molar-refractivity contribution < 1.29 is 0 Å². The quantitative estimate of drug-likeness (QED) is 0.453. The van der Waals surface area contributed by atoms with Gasteiger partial charge in [0.1, 0.15) is 0 Å². The summed E-state index contributed by atoms with van der Waals surface area (Å²) in [6, 6.07) is 0. The Labute approximate surface area is 70.6 Å². The third-order valence-electron chi connectivity index (χ3n) is 1.10. The topological polar surface area (TPSA) is 15.6 Å². The van der Waals surface area contributed by atoms with E-state index in [-0.39, 0.29) is 0 Å². The molecule has 0 N–H and O–H groups in total. The van der Waals surface area contributed by atoms with Crippen LogP contribution in [0, 0.1) is 0 Å². The van der Waals surface area contributed by atoms with Gasteiger partial charge < -0.3 is 0 Å². The van der Waals surface area contributed by atoms with Gasteiger partial charge in [0.05, 0.1) is 0 Å². The molecular weight excluding hydrogens is 136 g/mol. The van der Waals surface area contributed by atoms with Crippen molar-refractivity contribution in [3.8, 4) is 0 Å². The van der Waals surface area contributed by atoms with E-state index in [1.54, 1.807) is 11.2 Å². The standard InChI is InChI=1S/C7H14N2.C2H6/c1-5-7(3)8-9(4)6-2;1-2/h6H,2,5H2,1,3-4H3;1-2H3/b8-7-;. The minimum Gasteiger partial charge on any atom is -0.277 e. The molecule has 0 atom stereocenters. The first-order valence-electron chi connectivity index (χ1n) is 4.10. The van der Waals surface area contributed by atoms with E-state index >= 15 is 0 Å². The second kappa shape index (κ2) is 9.21. The summed E-state index contributed by atoms with van der Waals surface area (Å²) in [6.45, 7) is 11.6. The first kappa shape index (κ1) is 12.8. The van der Waals surface area contributed by atoms with Gasteiger partial charge in [-0.3, -0.25) is 5.01 Å². The van der Waals surface area contributed by atoms with Crippen molar-refractivity contribution >= 4 is 5.71 Å². The van der Waals surface area contributed by atoms with Gasteiger partial charge in [-0.15, -0.1) is 0 Å². The summed E-state index contributed by atoms with van der Waals surface area (Å²) in [5.74, 6) is 0. The van der Waals surface area contributed by atoms with E-state index in [4.69, 9.17) is 0 Å². The summed E-state index contributed by atoms with van der Waals surface area (Å²) in [5, 5.41) is 5.85. The number of rotatable bonds is 3. The minimum absolute atomic E-state index is 0.998. The van der Waals surface area contributed by atoms with E-state index in [2.05, 4.69) is 18.6 Å². The molecule has 0 spiro atoms. The monoisotopic (exact) mass is 156 g/mol. The molecule has 0 unspecified atom stereocenters. The maximum absolute atomic E-state index is 4.15. The highest BCUT2D eigenvalue weighted by molar-refractivity contribution is 5.81. The highest BCUT2D eigenvalue weighted by Crippen LogP contribution is 1.88. The molecule has 2 nitrogen and oxygen atoms in total. The fourth-order valence-corrected chi connectivity index (χ4v) is 0.381. The number of hydrazone groups is 1. The molecule has 0 aromatic carbocycles. The Bertz CT molecular complexity index is 117. The van der Waals surface area contributed by atoms with E-state index in [9.17, 15) is 0 Å². The van der Waals surface area contributed by atoms with Gasteiger partial charge in [0.25, 0.3) is 0 Å². The summed E-state index contributed by atoms with van der Waals surface area (Å²) in [7, 11) is 1.87. The van der Waals surface area contributed by atoms with Crippen LogP contribution in [-0.4, -0.2) is 17.8 Å². The molecule has 0 saturated carbocycles.